The molecule has 2 atom stereocenters. The number of thiophene rings is 1. The Labute approximate surface area is 146 Å². The van der Waals surface area contributed by atoms with Crippen molar-refractivity contribution in [3.05, 3.63) is 21.3 Å². The number of fused-ring (bicyclic) bond motifs is 3. The van der Waals surface area contributed by atoms with Crippen LogP contribution >= 0.6 is 22.9 Å². The molecule has 23 heavy (non-hydrogen) atoms. The highest BCUT2D eigenvalue weighted by Gasteiger charge is 2.31. The lowest BCUT2D eigenvalue weighted by Gasteiger charge is -2.47. The maximum absolute atomic E-state index is 10.2. The number of piperazine rings is 3. The molecule has 0 spiro atoms. The number of rotatable bonds is 5. The first kappa shape index (κ1) is 17.0. The molecule has 3 fully saturated rings. The van der Waals surface area contributed by atoms with Crippen molar-refractivity contribution >= 4 is 28.9 Å². The van der Waals surface area contributed by atoms with Crippen molar-refractivity contribution in [2.24, 2.45) is 4.99 Å². The largest absolute Gasteiger partial charge is 0.386 e. The van der Waals surface area contributed by atoms with Crippen molar-refractivity contribution in [3.8, 4) is 0 Å². The molecule has 1 aromatic heterocycles. The molecule has 0 saturated carbocycles. The molecule has 8 heteroatoms. The average molecular weight is 358 g/mol. The molecule has 0 aliphatic carbocycles. The normalized spacial score (nSPS) is 28.7. The van der Waals surface area contributed by atoms with E-state index in [1.165, 1.54) is 24.4 Å². The Kier molecular flexibility index (Phi) is 5.76. The third-order valence-electron chi connectivity index (χ3n) is 4.51. The minimum Gasteiger partial charge on any atom is -0.386 e. The number of aliphatic hydroxyl groups is 1. The number of guanidine groups is 1. The van der Waals surface area contributed by atoms with Crippen molar-refractivity contribution in [2.45, 2.75) is 12.1 Å². The van der Waals surface area contributed by atoms with Crippen LogP contribution in [0, 0.1) is 0 Å². The Balaban J connectivity index is 1.43. The van der Waals surface area contributed by atoms with E-state index in [-0.39, 0.29) is 0 Å². The van der Waals surface area contributed by atoms with Gasteiger partial charge in [-0.2, -0.15) is 0 Å². The zero-order chi connectivity index (χ0) is 16.2. The third kappa shape index (κ3) is 4.36. The van der Waals surface area contributed by atoms with Gasteiger partial charge in [-0.1, -0.05) is 11.6 Å². The lowest BCUT2D eigenvalue weighted by molar-refractivity contribution is 0.0154. The summed E-state index contributed by atoms with van der Waals surface area (Å²) < 4.78 is 0.693. The van der Waals surface area contributed by atoms with Gasteiger partial charge < -0.3 is 15.7 Å². The predicted molar refractivity (Wildman–Crippen MR) is 95.5 cm³/mol. The number of hydrogen-bond donors (Lipinski definition) is 3. The first-order chi connectivity index (χ1) is 11.2. The Morgan fingerprint density at radius 3 is 2.74 bits per heavy atom. The van der Waals surface area contributed by atoms with E-state index in [1.807, 2.05) is 6.07 Å². The summed E-state index contributed by atoms with van der Waals surface area (Å²) in [7, 11) is 1.75. The quantitative estimate of drug-likeness (QED) is 0.532. The van der Waals surface area contributed by atoms with Gasteiger partial charge in [0.2, 0.25) is 0 Å². The van der Waals surface area contributed by atoms with E-state index >= 15 is 0 Å². The van der Waals surface area contributed by atoms with Crippen molar-refractivity contribution in [1.82, 2.24) is 20.4 Å². The number of aliphatic imine (C=N–C) groups is 1. The zero-order valence-electron chi connectivity index (χ0n) is 13.3. The monoisotopic (exact) mass is 357 g/mol. The highest BCUT2D eigenvalue weighted by Crippen LogP contribution is 2.26. The zero-order valence-corrected chi connectivity index (χ0v) is 14.9. The number of nitrogens with one attached hydrogen (secondary N) is 2. The number of hydrogen-bond acceptors (Lipinski definition) is 5. The molecule has 0 radical (unpaired) electrons. The van der Waals surface area contributed by atoms with Gasteiger partial charge in [0.15, 0.2) is 5.96 Å². The Morgan fingerprint density at radius 2 is 2.17 bits per heavy atom. The van der Waals surface area contributed by atoms with Crippen LogP contribution < -0.4 is 10.6 Å². The third-order valence-corrected chi connectivity index (χ3v) is 5.84. The first-order valence-corrected chi connectivity index (χ1v) is 9.19. The van der Waals surface area contributed by atoms with Gasteiger partial charge in [0.05, 0.1) is 4.34 Å². The van der Waals surface area contributed by atoms with E-state index in [0.717, 1.165) is 37.0 Å². The number of aliphatic hydroxyl groups excluding tert-OH is 1. The van der Waals surface area contributed by atoms with E-state index in [2.05, 4.69) is 25.4 Å². The summed E-state index contributed by atoms with van der Waals surface area (Å²) >= 11 is 7.31. The van der Waals surface area contributed by atoms with Crippen LogP contribution in [0.15, 0.2) is 17.1 Å². The SMILES string of the molecule is CN=C(NCC(O)c1ccc(Cl)s1)NCC1CN2CCN1CC2. The molecule has 2 bridgehead atoms. The van der Waals surface area contributed by atoms with Crippen LogP contribution in [0.5, 0.6) is 0 Å². The predicted octanol–water partition coefficient (Wildman–Crippen LogP) is 0.600. The fraction of sp³-hybridized carbons (Fsp3) is 0.667. The molecule has 3 aliphatic rings. The van der Waals surface area contributed by atoms with E-state index < -0.39 is 6.10 Å². The van der Waals surface area contributed by atoms with Gasteiger partial charge in [-0.3, -0.25) is 14.8 Å². The molecule has 4 heterocycles. The first-order valence-electron chi connectivity index (χ1n) is 8.00. The number of halogens is 1. The topological polar surface area (TPSA) is 63.1 Å². The highest BCUT2D eigenvalue weighted by atomic mass is 35.5. The molecule has 1 aromatic rings. The Hall–Kier alpha value is -0.860. The molecule has 128 valence electrons. The molecular weight excluding hydrogens is 334 g/mol. The van der Waals surface area contributed by atoms with Gasteiger partial charge >= 0.3 is 0 Å². The maximum Gasteiger partial charge on any atom is 0.191 e. The van der Waals surface area contributed by atoms with Crippen LogP contribution in [0.25, 0.3) is 0 Å². The summed E-state index contributed by atoms with van der Waals surface area (Å²) in [4.78, 5) is 10.2. The molecular formula is C15H24ClN5OS. The molecule has 4 rings (SSSR count). The Morgan fingerprint density at radius 1 is 1.39 bits per heavy atom. The van der Waals surface area contributed by atoms with Crippen molar-refractivity contribution in [2.75, 3.05) is 52.9 Å². The molecule has 3 aliphatic heterocycles. The Bertz CT molecular complexity index is 544. The van der Waals surface area contributed by atoms with Crippen LogP contribution in [0.1, 0.15) is 11.0 Å². The van der Waals surface area contributed by atoms with Gasteiger partial charge in [-0.15, -0.1) is 11.3 Å². The van der Waals surface area contributed by atoms with Crippen LogP contribution in [-0.2, 0) is 0 Å². The van der Waals surface area contributed by atoms with E-state index in [9.17, 15) is 5.11 Å². The van der Waals surface area contributed by atoms with E-state index in [1.54, 1.807) is 13.1 Å². The fourth-order valence-corrected chi connectivity index (χ4v) is 4.20. The molecule has 3 saturated heterocycles. The summed E-state index contributed by atoms with van der Waals surface area (Å²) in [6.45, 7) is 7.12. The van der Waals surface area contributed by atoms with Gasteiger partial charge in [-0.25, -0.2) is 0 Å². The van der Waals surface area contributed by atoms with Gasteiger partial charge in [-0.05, 0) is 12.1 Å². The minimum absolute atomic E-state index is 0.414. The molecule has 0 amide bonds. The summed E-state index contributed by atoms with van der Waals surface area (Å²) in [6.07, 6.45) is -0.577. The molecule has 3 N–H and O–H groups in total. The van der Waals surface area contributed by atoms with Gasteiger partial charge in [0.1, 0.15) is 6.10 Å². The number of nitrogens with zero attached hydrogens (tertiary/aromatic N) is 3. The summed E-state index contributed by atoms with van der Waals surface area (Å²) in [5, 5.41) is 16.7. The highest BCUT2D eigenvalue weighted by molar-refractivity contribution is 7.16. The molecule has 0 aromatic carbocycles. The van der Waals surface area contributed by atoms with E-state index in [4.69, 9.17) is 11.6 Å². The van der Waals surface area contributed by atoms with Crippen LogP contribution in [0.2, 0.25) is 4.34 Å². The summed E-state index contributed by atoms with van der Waals surface area (Å²) in [6, 6.07) is 4.20. The molecule has 2 unspecified atom stereocenters. The summed E-state index contributed by atoms with van der Waals surface area (Å²) in [5.41, 5.74) is 0. The van der Waals surface area contributed by atoms with Crippen molar-refractivity contribution < 1.29 is 5.11 Å². The second-order valence-corrected chi connectivity index (χ2v) is 7.73. The van der Waals surface area contributed by atoms with Gasteiger partial charge in [0.25, 0.3) is 0 Å². The summed E-state index contributed by atoms with van der Waals surface area (Å²) in [5.74, 6) is 0.726. The lowest BCUT2D eigenvalue weighted by Crippen LogP contribution is -2.63. The van der Waals surface area contributed by atoms with Gasteiger partial charge in [0, 0.05) is 63.8 Å². The van der Waals surface area contributed by atoms with Crippen molar-refractivity contribution in [3.63, 3.8) is 0 Å². The van der Waals surface area contributed by atoms with E-state index in [0.29, 0.717) is 16.9 Å². The molecule has 6 nitrogen and oxygen atoms in total. The lowest BCUT2D eigenvalue weighted by atomic mass is 10.1. The second kappa shape index (κ2) is 7.81. The van der Waals surface area contributed by atoms with Crippen LogP contribution in [0.3, 0.4) is 0 Å². The van der Waals surface area contributed by atoms with Crippen LogP contribution in [-0.4, -0.2) is 79.8 Å². The smallest absolute Gasteiger partial charge is 0.191 e. The fourth-order valence-electron chi connectivity index (χ4n) is 3.15. The standard InChI is InChI=1S/C15H24ClN5OS/c1-17-15(19-9-12(22)13-2-3-14(16)23-13)18-8-11-10-20-4-6-21(11)7-5-20/h2-3,11-12,22H,4-10H2,1H3,(H2,17,18,19). The minimum atomic E-state index is -0.577. The average Bonchev–Trinajstić information content (AvgIpc) is 3.02. The maximum atomic E-state index is 10.2. The van der Waals surface area contributed by atoms with Crippen molar-refractivity contribution in [1.29, 1.82) is 0 Å². The second-order valence-electron chi connectivity index (χ2n) is 5.98. The van der Waals surface area contributed by atoms with Crippen LogP contribution in [0.4, 0.5) is 0 Å².